The van der Waals surface area contributed by atoms with Crippen molar-refractivity contribution in [3.63, 3.8) is 0 Å². The van der Waals surface area contributed by atoms with Gasteiger partial charge >= 0.3 is 0 Å². The van der Waals surface area contributed by atoms with Crippen molar-refractivity contribution in [1.82, 2.24) is 9.97 Å². The number of nitrogen functional groups attached to an aromatic ring is 1. The van der Waals surface area contributed by atoms with Gasteiger partial charge in [-0.3, -0.25) is 0 Å². The van der Waals surface area contributed by atoms with Crippen LogP contribution >= 0.6 is 11.8 Å². The molecule has 0 amide bonds. The summed E-state index contributed by atoms with van der Waals surface area (Å²) < 4.78 is 0. The minimum atomic E-state index is 0.542. The second-order valence-electron chi connectivity index (χ2n) is 3.97. The topological polar surface area (TPSA) is 63.8 Å². The fourth-order valence-corrected chi connectivity index (χ4v) is 3.04. The summed E-state index contributed by atoms with van der Waals surface area (Å²) >= 11 is 2.02. The van der Waals surface area contributed by atoms with E-state index in [1.165, 1.54) is 30.7 Å². The molecule has 88 valence electrons. The Kier molecular flexibility index (Phi) is 3.88. The molecule has 4 nitrogen and oxygen atoms in total. The molecule has 1 aromatic rings. The second-order valence-corrected chi connectivity index (χ2v) is 5.20. The number of hydrogen-bond donors (Lipinski definition) is 2. The van der Waals surface area contributed by atoms with Crippen LogP contribution in [0.4, 0.5) is 11.6 Å². The molecular formula is C11H18N4S. The first kappa shape index (κ1) is 11.5. The minimum absolute atomic E-state index is 0.542. The lowest BCUT2D eigenvalue weighted by Crippen LogP contribution is -2.26. The third-order valence-electron chi connectivity index (χ3n) is 2.89. The molecule has 0 saturated carbocycles. The molecule has 1 saturated heterocycles. The number of nitrogens with zero attached hydrogens (tertiary/aromatic N) is 2. The van der Waals surface area contributed by atoms with Gasteiger partial charge in [0.15, 0.2) is 0 Å². The van der Waals surface area contributed by atoms with Crippen LogP contribution in [0.25, 0.3) is 0 Å². The van der Waals surface area contributed by atoms with Crippen molar-refractivity contribution in [2.75, 3.05) is 22.6 Å². The average molecular weight is 238 g/mol. The van der Waals surface area contributed by atoms with Crippen LogP contribution in [0.2, 0.25) is 0 Å². The van der Waals surface area contributed by atoms with Crippen LogP contribution < -0.4 is 11.1 Å². The molecule has 2 heterocycles. The first-order chi connectivity index (χ1) is 7.81. The van der Waals surface area contributed by atoms with Gasteiger partial charge < -0.3 is 11.1 Å². The number of hydrogen-bond acceptors (Lipinski definition) is 5. The zero-order chi connectivity index (χ0) is 11.4. The van der Waals surface area contributed by atoms with Crippen molar-refractivity contribution in [2.24, 2.45) is 0 Å². The Labute approximate surface area is 100 Å². The number of nitrogens with one attached hydrogen (secondary N) is 1. The zero-order valence-electron chi connectivity index (χ0n) is 9.57. The van der Waals surface area contributed by atoms with E-state index in [1.54, 1.807) is 0 Å². The SMILES string of the molecule is CCc1c(N)ncnc1NC1CCSCC1. The van der Waals surface area contributed by atoms with Gasteiger partial charge in [0.05, 0.1) is 0 Å². The number of anilines is 2. The fraction of sp³-hybridized carbons (Fsp3) is 0.636. The monoisotopic (exact) mass is 238 g/mol. The quantitative estimate of drug-likeness (QED) is 0.842. The minimum Gasteiger partial charge on any atom is -0.383 e. The highest BCUT2D eigenvalue weighted by molar-refractivity contribution is 7.99. The van der Waals surface area contributed by atoms with Crippen LogP contribution in [0.5, 0.6) is 0 Å². The zero-order valence-corrected chi connectivity index (χ0v) is 10.4. The van der Waals surface area contributed by atoms with E-state index in [0.717, 1.165) is 17.8 Å². The predicted molar refractivity (Wildman–Crippen MR) is 69.8 cm³/mol. The molecule has 3 N–H and O–H groups in total. The second kappa shape index (κ2) is 5.39. The normalized spacial score (nSPS) is 17.3. The molecule has 0 atom stereocenters. The highest BCUT2D eigenvalue weighted by atomic mass is 32.2. The van der Waals surface area contributed by atoms with E-state index in [2.05, 4.69) is 22.2 Å². The highest BCUT2D eigenvalue weighted by Crippen LogP contribution is 2.23. The Morgan fingerprint density at radius 1 is 1.44 bits per heavy atom. The molecule has 0 radical (unpaired) electrons. The van der Waals surface area contributed by atoms with E-state index in [0.29, 0.717) is 11.9 Å². The molecular weight excluding hydrogens is 220 g/mol. The number of thioether (sulfide) groups is 1. The molecule has 0 spiro atoms. The van der Waals surface area contributed by atoms with Crippen LogP contribution in [0.1, 0.15) is 25.3 Å². The lowest BCUT2D eigenvalue weighted by atomic mass is 10.1. The van der Waals surface area contributed by atoms with Crippen LogP contribution in [0.3, 0.4) is 0 Å². The lowest BCUT2D eigenvalue weighted by Gasteiger charge is -2.24. The summed E-state index contributed by atoms with van der Waals surface area (Å²) in [6, 6.07) is 0.542. The van der Waals surface area contributed by atoms with Crippen molar-refractivity contribution in [3.8, 4) is 0 Å². The van der Waals surface area contributed by atoms with Crippen molar-refractivity contribution in [2.45, 2.75) is 32.2 Å². The molecule has 0 aliphatic carbocycles. The highest BCUT2D eigenvalue weighted by Gasteiger charge is 2.16. The van der Waals surface area contributed by atoms with Gasteiger partial charge in [0, 0.05) is 11.6 Å². The smallest absolute Gasteiger partial charge is 0.134 e. The number of nitrogens with two attached hydrogens (primary N) is 1. The maximum Gasteiger partial charge on any atom is 0.134 e. The standard InChI is InChI=1S/C11H18N4S/c1-2-9-10(12)13-7-14-11(9)15-8-3-5-16-6-4-8/h7-8H,2-6H2,1H3,(H3,12,13,14,15). The maximum absolute atomic E-state index is 5.84. The van der Waals surface area contributed by atoms with E-state index in [-0.39, 0.29) is 0 Å². The van der Waals surface area contributed by atoms with Crippen molar-refractivity contribution >= 4 is 23.4 Å². The van der Waals surface area contributed by atoms with Gasteiger partial charge in [-0.15, -0.1) is 0 Å². The van der Waals surface area contributed by atoms with Gasteiger partial charge in [0.2, 0.25) is 0 Å². The summed E-state index contributed by atoms with van der Waals surface area (Å²) in [7, 11) is 0. The Morgan fingerprint density at radius 3 is 2.88 bits per heavy atom. The van der Waals surface area contributed by atoms with Gasteiger partial charge in [-0.2, -0.15) is 11.8 Å². The molecule has 2 rings (SSSR count). The lowest BCUT2D eigenvalue weighted by molar-refractivity contribution is 0.662. The first-order valence-electron chi connectivity index (χ1n) is 5.75. The van der Waals surface area contributed by atoms with E-state index in [1.807, 2.05) is 11.8 Å². The van der Waals surface area contributed by atoms with Crippen molar-refractivity contribution in [3.05, 3.63) is 11.9 Å². The molecule has 5 heteroatoms. The third kappa shape index (κ3) is 2.58. The Hall–Kier alpha value is -0.970. The molecule has 0 unspecified atom stereocenters. The molecule has 1 aliphatic heterocycles. The summed E-state index contributed by atoms with van der Waals surface area (Å²) in [5, 5.41) is 3.50. The Morgan fingerprint density at radius 2 is 2.19 bits per heavy atom. The van der Waals surface area contributed by atoms with Crippen LogP contribution in [0, 0.1) is 0 Å². The fourth-order valence-electron chi connectivity index (χ4n) is 1.93. The number of aromatic nitrogens is 2. The van der Waals surface area contributed by atoms with Gasteiger partial charge in [-0.1, -0.05) is 6.92 Å². The van der Waals surface area contributed by atoms with E-state index in [4.69, 9.17) is 5.73 Å². The summed E-state index contributed by atoms with van der Waals surface area (Å²) in [5.74, 6) is 4.00. The molecule has 1 fully saturated rings. The summed E-state index contributed by atoms with van der Waals surface area (Å²) in [4.78, 5) is 8.32. The molecule has 16 heavy (non-hydrogen) atoms. The predicted octanol–water partition coefficient (Wildman–Crippen LogP) is 1.93. The van der Waals surface area contributed by atoms with Crippen LogP contribution in [0.15, 0.2) is 6.33 Å². The van der Waals surface area contributed by atoms with Gasteiger partial charge in [0.25, 0.3) is 0 Å². The molecule has 0 aromatic carbocycles. The maximum atomic E-state index is 5.84. The van der Waals surface area contributed by atoms with Crippen molar-refractivity contribution in [1.29, 1.82) is 0 Å². The van der Waals surface area contributed by atoms with E-state index < -0.39 is 0 Å². The summed E-state index contributed by atoms with van der Waals surface area (Å²) in [6.45, 7) is 2.08. The first-order valence-corrected chi connectivity index (χ1v) is 6.90. The Balaban J connectivity index is 2.10. The average Bonchev–Trinajstić information content (AvgIpc) is 2.31. The van der Waals surface area contributed by atoms with E-state index >= 15 is 0 Å². The molecule has 0 bridgehead atoms. The summed E-state index contributed by atoms with van der Waals surface area (Å²) in [5.41, 5.74) is 6.88. The molecule has 1 aliphatic rings. The molecule has 1 aromatic heterocycles. The van der Waals surface area contributed by atoms with Crippen LogP contribution in [-0.2, 0) is 6.42 Å². The summed E-state index contributed by atoms with van der Waals surface area (Å²) in [6.07, 6.45) is 4.82. The Bertz CT molecular complexity index is 350. The van der Waals surface area contributed by atoms with Gasteiger partial charge in [-0.05, 0) is 30.8 Å². The van der Waals surface area contributed by atoms with E-state index in [9.17, 15) is 0 Å². The van der Waals surface area contributed by atoms with Crippen molar-refractivity contribution < 1.29 is 0 Å². The third-order valence-corrected chi connectivity index (χ3v) is 3.94. The van der Waals surface area contributed by atoms with Gasteiger partial charge in [-0.25, -0.2) is 9.97 Å². The van der Waals surface area contributed by atoms with Crippen LogP contribution in [-0.4, -0.2) is 27.5 Å². The number of rotatable bonds is 3. The largest absolute Gasteiger partial charge is 0.383 e. The van der Waals surface area contributed by atoms with Gasteiger partial charge in [0.1, 0.15) is 18.0 Å².